The molecular weight excluding hydrogens is 290 g/mol. The van der Waals surface area contributed by atoms with Crippen molar-refractivity contribution in [1.29, 1.82) is 0 Å². The van der Waals surface area contributed by atoms with Gasteiger partial charge in [-0.3, -0.25) is 4.79 Å². The number of carboxylic acids is 1. The van der Waals surface area contributed by atoms with Crippen LogP contribution >= 0.6 is 15.9 Å². The van der Waals surface area contributed by atoms with E-state index in [-0.39, 0.29) is 12.1 Å². The van der Waals surface area contributed by atoms with Crippen molar-refractivity contribution in [2.45, 2.75) is 6.54 Å². The number of carbonyl (C=O) groups is 1. The molecule has 5 nitrogen and oxygen atoms in total. The number of hydrogen-bond donors (Lipinski definition) is 1. The summed E-state index contributed by atoms with van der Waals surface area (Å²) in [7, 11) is 0. The number of aromatic nitrogens is 1. The van der Waals surface area contributed by atoms with Crippen molar-refractivity contribution in [3.8, 4) is 0 Å². The second kappa shape index (κ2) is 4.58. The number of aromatic carboxylic acids is 1. The van der Waals surface area contributed by atoms with Gasteiger partial charge in [0, 0.05) is 6.20 Å². The van der Waals surface area contributed by atoms with E-state index in [4.69, 9.17) is 9.52 Å². The Morgan fingerprint density at radius 3 is 2.76 bits per heavy atom. The number of halogens is 1. The van der Waals surface area contributed by atoms with Crippen molar-refractivity contribution < 1.29 is 14.3 Å². The maximum absolute atomic E-state index is 11.8. The van der Waals surface area contributed by atoms with Crippen molar-refractivity contribution in [1.82, 2.24) is 4.57 Å². The monoisotopic (exact) mass is 297 g/mol. The van der Waals surface area contributed by atoms with E-state index in [2.05, 4.69) is 15.9 Å². The third-order valence-corrected chi connectivity index (χ3v) is 2.63. The van der Waals surface area contributed by atoms with Crippen LogP contribution in [0.4, 0.5) is 0 Å². The van der Waals surface area contributed by atoms with Gasteiger partial charge in [-0.25, -0.2) is 4.79 Å². The third kappa shape index (κ3) is 2.47. The van der Waals surface area contributed by atoms with Crippen LogP contribution in [0, 0.1) is 0 Å². The Labute approximate surface area is 104 Å². The highest BCUT2D eigenvalue weighted by atomic mass is 79.9. The Morgan fingerprint density at radius 1 is 1.41 bits per heavy atom. The smallest absolute Gasteiger partial charge is 0.341 e. The molecule has 2 aromatic heterocycles. The highest BCUT2D eigenvalue weighted by molar-refractivity contribution is 9.10. The van der Waals surface area contributed by atoms with Crippen molar-refractivity contribution in [3.05, 3.63) is 56.8 Å². The van der Waals surface area contributed by atoms with Crippen molar-refractivity contribution >= 4 is 21.9 Å². The molecule has 0 aromatic carbocycles. The van der Waals surface area contributed by atoms with Crippen LogP contribution in [0.25, 0.3) is 0 Å². The zero-order valence-electron chi connectivity index (χ0n) is 8.59. The quantitative estimate of drug-likeness (QED) is 0.940. The topological polar surface area (TPSA) is 72.4 Å². The average molecular weight is 298 g/mol. The van der Waals surface area contributed by atoms with E-state index >= 15 is 0 Å². The van der Waals surface area contributed by atoms with Gasteiger partial charge in [0.05, 0.1) is 6.54 Å². The summed E-state index contributed by atoms with van der Waals surface area (Å²) >= 11 is 3.15. The van der Waals surface area contributed by atoms with Crippen LogP contribution in [0.15, 0.2) is 44.3 Å². The minimum absolute atomic E-state index is 0.200. The molecule has 1 N–H and O–H groups in total. The lowest BCUT2D eigenvalue weighted by atomic mass is 10.3. The van der Waals surface area contributed by atoms with Gasteiger partial charge in [0.2, 0.25) is 0 Å². The number of pyridine rings is 1. The predicted octanol–water partition coefficient (Wildman–Crippen LogP) is 1.95. The second-order valence-electron chi connectivity index (χ2n) is 3.37. The van der Waals surface area contributed by atoms with Gasteiger partial charge in [0.1, 0.15) is 11.3 Å². The number of carboxylic acid groups (broad SMARTS) is 1. The molecule has 0 amide bonds. The summed E-state index contributed by atoms with van der Waals surface area (Å²) in [5.41, 5.74) is -0.800. The van der Waals surface area contributed by atoms with Gasteiger partial charge in [-0.2, -0.15) is 0 Å². The SMILES string of the molecule is O=C(O)c1cccn(Cc2ccc(Br)o2)c1=O. The molecule has 0 unspecified atom stereocenters. The van der Waals surface area contributed by atoms with Gasteiger partial charge in [0.25, 0.3) is 5.56 Å². The molecule has 0 saturated heterocycles. The lowest BCUT2D eigenvalue weighted by Crippen LogP contribution is -2.25. The molecule has 0 aliphatic carbocycles. The van der Waals surface area contributed by atoms with E-state index in [9.17, 15) is 9.59 Å². The normalized spacial score (nSPS) is 10.4. The minimum atomic E-state index is -1.23. The molecule has 0 aliphatic heterocycles. The first-order chi connectivity index (χ1) is 8.08. The van der Waals surface area contributed by atoms with E-state index < -0.39 is 11.5 Å². The van der Waals surface area contributed by atoms with Crippen LogP contribution in [-0.4, -0.2) is 15.6 Å². The summed E-state index contributed by atoms with van der Waals surface area (Å²) in [6.45, 7) is 0.200. The molecule has 17 heavy (non-hydrogen) atoms. The van der Waals surface area contributed by atoms with E-state index in [0.717, 1.165) is 0 Å². The molecule has 0 saturated carbocycles. The van der Waals surface area contributed by atoms with E-state index in [0.29, 0.717) is 10.4 Å². The summed E-state index contributed by atoms with van der Waals surface area (Å²) in [5, 5.41) is 8.82. The van der Waals surface area contributed by atoms with Gasteiger partial charge in [-0.05, 0) is 40.2 Å². The molecule has 0 radical (unpaired) electrons. The zero-order chi connectivity index (χ0) is 12.4. The zero-order valence-corrected chi connectivity index (χ0v) is 10.2. The van der Waals surface area contributed by atoms with Crippen LogP contribution < -0.4 is 5.56 Å². The number of rotatable bonds is 3. The van der Waals surface area contributed by atoms with Crippen molar-refractivity contribution in [2.75, 3.05) is 0 Å². The van der Waals surface area contributed by atoms with Crippen LogP contribution in [0.1, 0.15) is 16.1 Å². The first-order valence-corrected chi connectivity index (χ1v) is 5.54. The van der Waals surface area contributed by atoms with Crippen molar-refractivity contribution in [2.24, 2.45) is 0 Å². The van der Waals surface area contributed by atoms with Crippen LogP contribution in [0.5, 0.6) is 0 Å². The van der Waals surface area contributed by atoms with Gasteiger partial charge >= 0.3 is 5.97 Å². The molecule has 88 valence electrons. The number of furan rings is 1. The molecule has 0 aliphatic rings. The lowest BCUT2D eigenvalue weighted by Gasteiger charge is -2.03. The lowest BCUT2D eigenvalue weighted by molar-refractivity contribution is 0.0694. The van der Waals surface area contributed by atoms with Crippen LogP contribution in [0.2, 0.25) is 0 Å². The standard InChI is InChI=1S/C11H8BrNO4/c12-9-4-3-7(17-9)6-13-5-1-2-8(10(13)14)11(15)16/h1-5H,6H2,(H,15,16). The van der Waals surface area contributed by atoms with Gasteiger partial charge in [-0.1, -0.05) is 0 Å². The van der Waals surface area contributed by atoms with E-state index in [1.807, 2.05) is 0 Å². The first-order valence-electron chi connectivity index (χ1n) is 4.75. The minimum Gasteiger partial charge on any atom is -0.477 e. The van der Waals surface area contributed by atoms with Crippen LogP contribution in [0.3, 0.4) is 0 Å². The first kappa shape index (κ1) is 11.7. The van der Waals surface area contributed by atoms with Crippen LogP contribution in [-0.2, 0) is 6.54 Å². The van der Waals surface area contributed by atoms with Gasteiger partial charge in [0.15, 0.2) is 4.67 Å². The fourth-order valence-electron chi connectivity index (χ4n) is 1.43. The Morgan fingerprint density at radius 2 is 2.18 bits per heavy atom. The fraction of sp³-hybridized carbons (Fsp3) is 0.0909. The average Bonchev–Trinajstić information content (AvgIpc) is 2.67. The molecule has 2 heterocycles. The summed E-state index contributed by atoms with van der Waals surface area (Å²) in [6, 6.07) is 6.22. The maximum Gasteiger partial charge on any atom is 0.341 e. The Kier molecular flexibility index (Phi) is 3.14. The molecular formula is C11H8BrNO4. The summed E-state index contributed by atoms with van der Waals surface area (Å²) in [5.74, 6) is -0.661. The molecule has 6 heteroatoms. The molecule has 2 aromatic rings. The number of hydrogen-bond acceptors (Lipinski definition) is 3. The molecule has 0 spiro atoms. The summed E-state index contributed by atoms with van der Waals surface area (Å²) < 4.78 is 7.10. The maximum atomic E-state index is 11.8. The highest BCUT2D eigenvalue weighted by Crippen LogP contribution is 2.14. The predicted molar refractivity (Wildman–Crippen MR) is 63.2 cm³/mol. The Bertz CT molecular complexity index is 614. The van der Waals surface area contributed by atoms with E-state index in [1.165, 1.54) is 22.9 Å². The summed E-state index contributed by atoms with van der Waals surface area (Å²) in [6.07, 6.45) is 1.52. The molecule has 0 bridgehead atoms. The number of nitrogens with zero attached hydrogens (tertiary/aromatic N) is 1. The second-order valence-corrected chi connectivity index (χ2v) is 4.15. The third-order valence-electron chi connectivity index (χ3n) is 2.21. The van der Waals surface area contributed by atoms with Crippen molar-refractivity contribution in [3.63, 3.8) is 0 Å². The Balaban J connectivity index is 2.37. The summed E-state index contributed by atoms with van der Waals surface area (Å²) in [4.78, 5) is 22.5. The highest BCUT2D eigenvalue weighted by Gasteiger charge is 2.11. The largest absolute Gasteiger partial charge is 0.477 e. The molecule has 0 atom stereocenters. The Hall–Kier alpha value is -1.82. The molecule has 2 rings (SSSR count). The van der Waals surface area contributed by atoms with Gasteiger partial charge in [-0.15, -0.1) is 0 Å². The van der Waals surface area contributed by atoms with Gasteiger partial charge < -0.3 is 14.1 Å². The molecule has 0 fully saturated rings. The fourth-order valence-corrected chi connectivity index (χ4v) is 1.77. The van der Waals surface area contributed by atoms with E-state index in [1.54, 1.807) is 12.1 Å².